The van der Waals surface area contributed by atoms with Gasteiger partial charge in [-0.1, -0.05) is 37.6 Å². The molecule has 174 valence electrons. The van der Waals surface area contributed by atoms with Crippen LogP contribution in [-0.2, 0) is 6.54 Å². The zero-order valence-corrected chi connectivity index (χ0v) is 20.1. The van der Waals surface area contributed by atoms with Gasteiger partial charge in [0.05, 0.1) is 25.8 Å². The van der Waals surface area contributed by atoms with E-state index in [9.17, 15) is 4.79 Å². The van der Waals surface area contributed by atoms with E-state index in [1.807, 2.05) is 12.1 Å². The lowest BCUT2D eigenvalue weighted by Gasteiger charge is -2.32. The maximum absolute atomic E-state index is 12.9. The topological polar surface area (TPSA) is 60.0 Å². The Morgan fingerprint density at radius 3 is 2.56 bits per heavy atom. The van der Waals surface area contributed by atoms with Crippen LogP contribution in [0.3, 0.4) is 0 Å². The summed E-state index contributed by atoms with van der Waals surface area (Å²) in [6.07, 6.45) is 1.80. The number of nitrogens with zero attached hydrogens (tertiary/aromatic N) is 1. The predicted octanol–water partition coefficient (Wildman–Crippen LogP) is 4.79. The molecule has 0 spiro atoms. The number of benzene rings is 2. The van der Waals surface area contributed by atoms with Gasteiger partial charge in [-0.3, -0.25) is 9.69 Å². The Labute approximate surface area is 195 Å². The van der Waals surface area contributed by atoms with E-state index in [1.165, 1.54) is 5.56 Å². The minimum absolute atomic E-state index is 0.130. The molecule has 7 heteroatoms. The number of nitrogens with one attached hydrogen (secondary N) is 1. The third-order valence-electron chi connectivity index (χ3n) is 5.52. The third kappa shape index (κ3) is 6.53. The maximum Gasteiger partial charge on any atom is 0.251 e. The summed E-state index contributed by atoms with van der Waals surface area (Å²) in [5.74, 6) is 2.03. The lowest BCUT2D eigenvalue weighted by molar-refractivity contribution is 0.0908. The Balaban J connectivity index is 1.55. The molecule has 1 fully saturated rings. The summed E-state index contributed by atoms with van der Waals surface area (Å²) in [4.78, 5) is 15.3. The highest BCUT2D eigenvalue weighted by Crippen LogP contribution is 2.36. The third-order valence-corrected chi connectivity index (χ3v) is 5.80. The quantitative estimate of drug-likeness (QED) is 0.583. The van der Waals surface area contributed by atoms with Gasteiger partial charge in [0.25, 0.3) is 5.91 Å². The fourth-order valence-electron chi connectivity index (χ4n) is 3.77. The average Bonchev–Trinajstić information content (AvgIpc) is 2.79. The van der Waals surface area contributed by atoms with Crippen molar-refractivity contribution in [2.75, 3.05) is 33.9 Å². The minimum Gasteiger partial charge on any atom is -0.497 e. The predicted molar refractivity (Wildman–Crippen MR) is 127 cm³/mol. The van der Waals surface area contributed by atoms with E-state index in [4.69, 9.17) is 25.8 Å². The van der Waals surface area contributed by atoms with E-state index in [0.717, 1.165) is 38.2 Å². The van der Waals surface area contributed by atoms with Gasteiger partial charge in [-0.05, 0) is 48.6 Å². The Hall–Kier alpha value is -2.44. The van der Waals surface area contributed by atoms with Crippen molar-refractivity contribution in [1.29, 1.82) is 0 Å². The standard InChI is InChI=1S/C25H33ClN2O4/c1-17(2)16-32-24-22(26)13-19(14-23(24)31-4)25(29)27-20-8-10-28(11-9-20)15-18-6-5-7-21(12-18)30-3/h5-7,12-14,17,20H,8-11,15-16H2,1-4H3,(H,27,29). The zero-order valence-electron chi connectivity index (χ0n) is 19.3. The molecule has 32 heavy (non-hydrogen) atoms. The van der Waals surface area contributed by atoms with E-state index in [2.05, 4.69) is 36.2 Å². The fourth-order valence-corrected chi connectivity index (χ4v) is 4.04. The summed E-state index contributed by atoms with van der Waals surface area (Å²) in [7, 11) is 3.23. The molecule has 1 aliphatic rings. The van der Waals surface area contributed by atoms with Crippen LogP contribution < -0.4 is 19.5 Å². The molecule has 1 amide bonds. The van der Waals surface area contributed by atoms with E-state index in [0.29, 0.717) is 34.6 Å². The highest BCUT2D eigenvalue weighted by Gasteiger charge is 2.23. The normalized spacial score (nSPS) is 14.9. The number of likely N-dealkylation sites (tertiary alicyclic amines) is 1. The van der Waals surface area contributed by atoms with Gasteiger partial charge < -0.3 is 19.5 Å². The van der Waals surface area contributed by atoms with Crippen LogP contribution in [0.5, 0.6) is 17.2 Å². The molecular weight excluding hydrogens is 428 g/mol. The summed E-state index contributed by atoms with van der Waals surface area (Å²) < 4.78 is 16.5. The average molecular weight is 461 g/mol. The van der Waals surface area contributed by atoms with Gasteiger partial charge >= 0.3 is 0 Å². The molecule has 3 rings (SSSR count). The number of rotatable bonds is 9. The number of ether oxygens (including phenoxy) is 3. The second-order valence-electron chi connectivity index (χ2n) is 8.57. The summed E-state index contributed by atoms with van der Waals surface area (Å²) in [5, 5.41) is 3.52. The van der Waals surface area contributed by atoms with Crippen LogP contribution >= 0.6 is 11.6 Å². The Morgan fingerprint density at radius 2 is 1.91 bits per heavy atom. The van der Waals surface area contributed by atoms with Crippen molar-refractivity contribution >= 4 is 17.5 Å². The molecule has 1 saturated heterocycles. The number of hydrogen-bond donors (Lipinski definition) is 1. The molecular formula is C25H33ClN2O4. The Morgan fingerprint density at radius 1 is 1.16 bits per heavy atom. The van der Waals surface area contributed by atoms with Crippen molar-refractivity contribution in [3.8, 4) is 17.2 Å². The second-order valence-corrected chi connectivity index (χ2v) is 8.98. The van der Waals surface area contributed by atoms with Crippen LogP contribution in [-0.4, -0.2) is 50.8 Å². The number of hydrogen-bond acceptors (Lipinski definition) is 5. The molecule has 2 aromatic carbocycles. The van der Waals surface area contributed by atoms with Crippen molar-refractivity contribution in [3.63, 3.8) is 0 Å². The van der Waals surface area contributed by atoms with Crippen LogP contribution in [0, 0.1) is 5.92 Å². The molecule has 6 nitrogen and oxygen atoms in total. The summed E-state index contributed by atoms with van der Waals surface area (Å²) in [5.41, 5.74) is 1.70. The van der Waals surface area contributed by atoms with E-state index >= 15 is 0 Å². The number of halogens is 1. The molecule has 0 aromatic heterocycles. The van der Waals surface area contributed by atoms with Gasteiger partial charge in [0.2, 0.25) is 0 Å². The van der Waals surface area contributed by atoms with Gasteiger partial charge in [0.15, 0.2) is 11.5 Å². The van der Waals surface area contributed by atoms with E-state index in [1.54, 1.807) is 26.4 Å². The first-order valence-electron chi connectivity index (χ1n) is 11.1. The lowest BCUT2D eigenvalue weighted by Crippen LogP contribution is -2.44. The monoisotopic (exact) mass is 460 g/mol. The number of carbonyl (C=O) groups is 1. The number of amides is 1. The smallest absolute Gasteiger partial charge is 0.251 e. The first-order valence-corrected chi connectivity index (χ1v) is 11.4. The molecule has 2 aromatic rings. The van der Waals surface area contributed by atoms with Crippen LogP contribution in [0.1, 0.15) is 42.6 Å². The van der Waals surface area contributed by atoms with E-state index < -0.39 is 0 Å². The molecule has 0 bridgehead atoms. The number of methoxy groups -OCH3 is 2. The second kappa shape index (κ2) is 11.4. The molecule has 1 aliphatic heterocycles. The fraction of sp³-hybridized carbons (Fsp3) is 0.480. The van der Waals surface area contributed by atoms with Crippen LogP contribution in [0.2, 0.25) is 5.02 Å². The lowest BCUT2D eigenvalue weighted by atomic mass is 10.0. The van der Waals surface area contributed by atoms with E-state index in [-0.39, 0.29) is 11.9 Å². The summed E-state index contributed by atoms with van der Waals surface area (Å²) >= 11 is 6.40. The first-order chi connectivity index (χ1) is 15.4. The largest absolute Gasteiger partial charge is 0.497 e. The maximum atomic E-state index is 12.9. The van der Waals surface area contributed by atoms with Crippen molar-refractivity contribution in [2.24, 2.45) is 5.92 Å². The zero-order chi connectivity index (χ0) is 23.1. The molecule has 1 N–H and O–H groups in total. The molecule has 0 saturated carbocycles. The van der Waals surface area contributed by atoms with Crippen molar-refractivity contribution in [3.05, 3.63) is 52.5 Å². The molecule has 1 heterocycles. The summed E-state index contributed by atoms with van der Waals surface area (Å²) in [6, 6.07) is 11.6. The number of piperidine rings is 1. The first kappa shape index (κ1) is 24.2. The number of carbonyl (C=O) groups excluding carboxylic acids is 1. The summed E-state index contributed by atoms with van der Waals surface area (Å²) in [6.45, 7) is 7.37. The Kier molecular flexibility index (Phi) is 8.65. The molecule has 0 atom stereocenters. The van der Waals surface area contributed by atoms with Crippen molar-refractivity contribution < 1.29 is 19.0 Å². The molecule has 0 radical (unpaired) electrons. The van der Waals surface area contributed by atoms with Gasteiger partial charge in [-0.2, -0.15) is 0 Å². The van der Waals surface area contributed by atoms with Gasteiger partial charge in [-0.25, -0.2) is 0 Å². The van der Waals surface area contributed by atoms with Crippen molar-refractivity contribution in [1.82, 2.24) is 10.2 Å². The van der Waals surface area contributed by atoms with Gasteiger partial charge in [-0.15, -0.1) is 0 Å². The van der Waals surface area contributed by atoms with Gasteiger partial charge in [0.1, 0.15) is 5.75 Å². The highest BCUT2D eigenvalue weighted by atomic mass is 35.5. The molecule has 0 aliphatic carbocycles. The van der Waals surface area contributed by atoms with Crippen LogP contribution in [0.25, 0.3) is 0 Å². The molecule has 0 unspecified atom stereocenters. The Bertz CT molecular complexity index is 911. The van der Waals surface area contributed by atoms with Crippen molar-refractivity contribution in [2.45, 2.75) is 39.3 Å². The minimum atomic E-state index is -0.146. The van der Waals surface area contributed by atoms with Crippen LogP contribution in [0.4, 0.5) is 0 Å². The van der Waals surface area contributed by atoms with Crippen LogP contribution in [0.15, 0.2) is 36.4 Å². The van der Waals surface area contributed by atoms with Gasteiger partial charge in [0, 0.05) is 31.2 Å². The SMILES string of the molecule is COc1cccc(CN2CCC(NC(=O)c3cc(Cl)c(OCC(C)C)c(OC)c3)CC2)c1. The highest BCUT2D eigenvalue weighted by molar-refractivity contribution is 6.32.